The van der Waals surface area contributed by atoms with E-state index in [1.165, 1.54) is 18.2 Å². The number of nitro groups is 1. The number of nitro benzene ring substituents is 1. The number of carboxylic acids is 1. The highest BCUT2D eigenvalue weighted by atomic mass is 19.4. The molecule has 40 heavy (non-hydrogen) atoms. The summed E-state index contributed by atoms with van der Waals surface area (Å²) >= 11 is 0. The Balaban J connectivity index is 0.000000559. The minimum absolute atomic E-state index is 0.0810. The van der Waals surface area contributed by atoms with Crippen molar-refractivity contribution in [1.29, 1.82) is 0 Å². The molecule has 1 amide bonds. The zero-order chi connectivity index (χ0) is 29.4. The first kappa shape index (κ1) is 30.1. The monoisotopic (exact) mass is 562 g/mol. The maximum absolute atomic E-state index is 12.4. The van der Waals surface area contributed by atoms with Gasteiger partial charge in [-0.05, 0) is 49.8 Å². The minimum Gasteiger partial charge on any atom is -0.475 e. The Morgan fingerprint density at radius 3 is 2.33 bits per heavy atom. The number of carbonyl (C=O) groups is 2. The van der Waals surface area contributed by atoms with E-state index >= 15 is 0 Å². The normalized spacial score (nSPS) is 16.8. The van der Waals surface area contributed by atoms with Gasteiger partial charge in [0.15, 0.2) is 0 Å². The van der Waals surface area contributed by atoms with Crippen LogP contribution in [0.1, 0.15) is 36.0 Å². The molecule has 4 rings (SSSR count). The largest absolute Gasteiger partial charge is 0.490 e. The third-order valence-electron chi connectivity index (χ3n) is 6.30. The number of benzene rings is 2. The molecule has 1 aliphatic rings. The van der Waals surface area contributed by atoms with Crippen LogP contribution in [0.15, 0.2) is 48.5 Å². The molecule has 3 N–H and O–H groups in total. The lowest BCUT2D eigenvalue weighted by Gasteiger charge is -2.29. The first-order chi connectivity index (χ1) is 18.8. The van der Waals surface area contributed by atoms with Gasteiger partial charge in [0.2, 0.25) is 5.95 Å². The van der Waals surface area contributed by atoms with Crippen molar-refractivity contribution in [2.45, 2.75) is 37.9 Å². The highest BCUT2D eigenvalue weighted by molar-refractivity contribution is 5.94. The lowest BCUT2D eigenvalue weighted by molar-refractivity contribution is -0.384. The number of hydrogen-bond acceptors (Lipinski definition) is 8. The number of anilines is 2. The number of carboxylic acid groups (broad SMARTS) is 1. The third kappa shape index (κ3) is 8.25. The van der Waals surface area contributed by atoms with E-state index in [4.69, 9.17) is 19.9 Å². The number of nitrogens with zero attached hydrogens (tertiary/aromatic N) is 4. The quantitative estimate of drug-likeness (QED) is 0.276. The SMILES string of the molecule is CN(C)c1nc(NC2CCC(CNC(=O)c3cccc([N+](=O)[O-])c3)CC2)nc2ccccc12.O=C(O)C(F)(F)F. The second-order valence-corrected chi connectivity index (χ2v) is 9.46. The molecule has 0 unspecified atom stereocenters. The van der Waals surface area contributed by atoms with E-state index in [1.54, 1.807) is 6.07 Å². The van der Waals surface area contributed by atoms with Gasteiger partial charge in [0.05, 0.1) is 10.4 Å². The summed E-state index contributed by atoms with van der Waals surface area (Å²) in [5.41, 5.74) is 1.14. The highest BCUT2D eigenvalue weighted by Gasteiger charge is 2.38. The molecule has 214 valence electrons. The van der Waals surface area contributed by atoms with Gasteiger partial charge in [-0.2, -0.15) is 18.2 Å². The molecule has 0 aliphatic heterocycles. The average molecular weight is 563 g/mol. The Bertz CT molecular complexity index is 1360. The molecule has 0 atom stereocenters. The van der Waals surface area contributed by atoms with Gasteiger partial charge in [0.1, 0.15) is 5.82 Å². The van der Waals surface area contributed by atoms with Crippen LogP contribution in [0.5, 0.6) is 0 Å². The number of rotatable bonds is 7. The number of carbonyl (C=O) groups excluding carboxylic acids is 1. The summed E-state index contributed by atoms with van der Waals surface area (Å²) in [7, 11) is 3.96. The molecule has 2 aromatic carbocycles. The Hall–Kier alpha value is -4.49. The number of non-ortho nitro benzene ring substituents is 1. The molecule has 1 aromatic heterocycles. The number of aliphatic carboxylic acids is 1. The van der Waals surface area contributed by atoms with Gasteiger partial charge >= 0.3 is 12.1 Å². The minimum atomic E-state index is -5.08. The fourth-order valence-electron chi connectivity index (χ4n) is 4.26. The van der Waals surface area contributed by atoms with Crippen LogP contribution >= 0.6 is 0 Å². The summed E-state index contributed by atoms with van der Waals surface area (Å²) in [6, 6.07) is 14.1. The van der Waals surface area contributed by atoms with Crippen molar-refractivity contribution in [1.82, 2.24) is 15.3 Å². The summed E-state index contributed by atoms with van der Waals surface area (Å²) in [4.78, 5) is 43.1. The van der Waals surface area contributed by atoms with E-state index in [9.17, 15) is 28.1 Å². The van der Waals surface area contributed by atoms with Gasteiger partial charge in [0.25, 0.3) is 11.6 Å². The lowest BCUT2D eigenvalue weighted by atomic mass is 9.86. The molecule has 1 heterocycles. The number of nitrogens with one attached hydrogen (secondary N) is 2. The molecule has 0 bridgehead atoms. The van der Waals surface area contributed by atoms with Gasteiger partial charge in [-0.15, -0.1) is 0 Å². The van der Waals surface area contributed by atoms with E-state index in [0.29, 0.717) is 24.0 Å². The lowest BCUT2D eigenvalue weighted by Crippen LogP contribution is -2.34. The standard InChI is InChI=1S/C24H28N6O3.C2HF3O2/c1-29(2)22-20-8-3-4-9-21(20)27-24(28-22)26-18-12-10-16(11-13-18)15-25-23(31)17-6-5-7-19(14-17)30(32)33;3-2(4,5)1(6)7/h3-9,14,16,18H,10-13,15H2,1-2H3,(H,25,31)(H,26,27,28);(H,6,7). The van der Waals surface area contributed by atoms with Crippen molar-refractivity contribution < 1.29 is 32.8 Å². The predicted octanol–water partition coefficient (Wildman–Crippen LogP) is 4.64. The van der Waals surface area contributed by atoms with Crippen LogP contribution in [0.25, 0.3) is 10.9 Å². The van der Waals surface area contributed by atoms with E-state index in [-0.39, 0.29) is 17.6 Å². The molecule has 14 heteroatoms. The van der Waals surface area contributed by atoms with Gasteiger partial charge in [-0.3, -0.25) is 14.9 Å². The van der Waals surface area contributed by atoms with Crippen LogP contribution in [0.3, 0.4) is 0 Å². The number of halogens is 3. The van der Waals surface area contributed by atoms with Crippen LogP contribution in [0.2, 0.25) is 0 Å². The van der Waals surface area contributed by atoms with Gasteiger partial charge < -0.3 is 20.6 Å². The predicted molar refractivity (Wildman–Crippen MR) is 142 cm³/mol. The molecule has 3 aromatic rings. The zero-order valence-corrected chi connectivity index (χ0v) is 21.8. The van der Waals surface area contributed by atoms with Crippen molar-refractivity contribution in [2.75, 3.05) is 30.9 Å². The van der Waals surface area contributed by atoms with Gasteiger partial charge in [0, 0.05) is 49.8 Å². The second-order valence-electron chi connectivity index (χ2n) is 9.46. The number of amides is 1. The Labute approximate surface area is 227 Å². The molecular weight excluding hydrogens is 533 g/mol. The Kier molecular flexibility index (Phi) is 9.80. The van der Waals surface area contributed by atoms with Crippen molar-refractivity contribution in [3.63, 3.8) is 0 Å². The number of aromatic nitrogens is 2. The summed E-state index contributed by atoms with van der Waals surface area (Å²) in [5, 5.41) is 25.5. The topological polar surface area (TPSA) is 151 Å². The number of fused-ring (bicyclic) bond motifs is 1. The molecule has 1 saturated carbocycles. The smallest absolute Gasteiger partial charge is 0.475 e. The van der Waals surface area contributed by atoms with Crippen molar-refractivity contribution >= 4 is 40.2 Å². The van der Waals surface area contributed by atoms with Gasteiger partial charge in [-0.1, -0.05) is 18.2 Å². The van der Waals surface area contributed by atoms with Crippen LogP contribution in [0.4, 0.5) is 30.6 Å². The first-order valence-corrected chi connectivity index (χ1v) is 12.4. The number of hydrogen-bond donors (Lipinski definition) is 3. The van der Waals surface area contributed by atoms with Crippen LogP contribution in [0, 0.1) is 16.0 Å². The van der Waals surface area contributed by atoms with Crippen LogP contribution in [-0.4, -0.2) is 64.7 Å². The number of para-hydroxylation sites is 1. The number of alkyl halides is 3. The average Bonchev–Trinajstić information content (AvgIpc) is 2.92. The summed E-state index contributed by atoms with van der Waals surface area (Å²) in [5.74, 6) is -1.13. The maximum atomic E-state index is 12.4. The molecule has 1 aliphatic carbocycles. The second kappa shape index (κ2) is 13.0. The molecule has 0 radical (unpaired) electrons. The van der Waals surface area contributed by atoms with E-state index < -0.39 is 17.1 Å². The summed E-state index contributed by atoms with van der Waals surface area (Å²) in [6.07, 6.45) is -1.21. The van der Waals surface area contributed by atoms with E-state index in [0.717, 1.165) is 42.4 Å². The van der Waals surface area contributed by atoms with Crippen LogP contribution < -0.4 is 15.5 Å². The third-order valence-corrected chi connectivity index (χ3v) is 6.30. The van der Waals surface area contributed by atoms with Crippen molar-refractivity contribution in [3.8, 4) is 0 Å². The Morgan fingerprint density at radius 2 is 1.73 bits per heavy atom. The van der Waals surface area contributed by atoms with Gasteiger partial charge in [-0.25, -0.2) is 9.78 Å². The summed E-state index contributed by atoms with van der Waals surface area (Å²) in [6.45, 7) is 0.561. The molecular formula is C26H29F3N6O5. The maximum Gasteiger partial charge on any atom is 0.490 e. The zero-order valence-electron chi connectivity index (χ0n) is 21.8. The van der Waals surface area contributed by atoms with Crippen molar-refractivity contribution in [3.05, 3.63) is 64.2 Å². The van der Waals surface area contributed by atoms with E-state index in [1.807, 2.05) is 43.3 Å². The molecule has 0 saturated heterocycles. The van der Waals surface area contributed by atoms with Crippen LogP contribution in [-0.2, 0) is 4.79 Å². The fourth-order valence-corrected chi connectivity index (χ4v) is 4.26. The van der Waals surface area contributed by atoms with E-state index in [2.05, 4.69) is 10.6 Å². The fraction of sp³-hybridized carbons (Fsp3) is 0.385. The molecule has 11 nitrogen and oxygen atoms in total. The molecule has 1 fully saturated rings. The van der Waals surface area contributed by atoms with Crippen molar-refractivity contribution in [2.24, 2.45) is 5.92 Å². The highest BCUT2D eigenvalue weighted by Crippen LogP contribution is 2.28. The molecule has 0 spiro atoms. The first-order valence-electron chi connectivity index (χ1n) is 12.4. The summed E-state index contributed by atoms with van der Waals surface area (Å²) < 4.78 is 31.7. The Morgan fingerprint density at radius 1 is 1.07 bits per heavy atom.